The second kappa shape index (κ2) is 6.69. The van der Waals surface area contributed by atoms with E-state index >= 15 is 0 Å². The van der Waals surface area contributed by atoms with E-state index in [1.807, 2.05) is 9.80 Å². The summed E-state index contributed by atoms with van der Waals surface area (Å²) in [5, 5.41) is 3.48. The Morgan fingerprint density at radius 3 is 2.86 bits per heavy atom. The van der Waals surface area contributed by atoms with Crippen LogP contribution in [0.5, 0.6) is 0 Å². The highest BCUT2D eigenvalue weighted by molar-refractivity contribution is 5.94. The predicted molar refractivity (Wildman–Crippen MR) is 90.3 cm³/mol. The third-order valence-corrected chi connectivity index (χ3v) is 4.81. The first-order chi connectivity index (χ1) is 10.6. The summed E-state index contributed by atoms with van der Waals surface area (Å²) in [4.78, 5) is 16.4. The van der Waals surface area contributed by atoms with E-state index in [2.05, 4.69) is 43.4 Å². The van der Waals surface area contributed by atoms with E-state index in [-0.39, 0.29) is 12.1 Å². The van der Waals surface area contributed by atoms with Gasteiger partial charge in [0.1, 0.15) is 0 Å². The summed E-state index contributed by atoms with van der Waals surface area (Å²) >= 11 is 0. The molecule has 4 heteroatoms. The molecule has 1 aromatic rings. The van der Waals surface area contributed by atoms with Crippen LogP contribution < -0.4 is 10.2 Å². The number of nitrogens with zero attached hydrogens (tertiary/aromatic N) is 2. The van der Waals surface area contributed by atoms with Crippen molar-refractivity contribution in [1.29, 1.82) is 0 Å². The lowest BCUT2D eigenvalue weighted by Gasteiger charge is -2.24. The molecule has 120 valence electrons. The molecule has 2 heterocycles. The van der Waals surface area contributed by atoms with E-state index in [0.717, 1.165) is 44.2 Å². The van der Waals surface area contributed by atoms with Gasteiger partial charge in [-0.1, -0.05) is 12.1 Å². The van der Waals surface area contributed by atoms with Gasteiger partial charge in [0.15, 0.2) is 0 Å². The van der Waals surface area contributed by atoms with Gasteiger partial charge in [-0.25, -0.2) is 4.79 Å². The maximum Gasteiger partial charge on any atom is 0.324 e. The van der Waals surface area contributed by atoms with Crippen molar-refractivity contribution in [2.45, 2.75) is 39.2 Å². The quantitative estimate of drug-likeness (QED) is 0.928. The van der Waals surface area contributed by atoms with Gasteiger partial charge >= 0.3 is 6.03 Å². The number of carbonyl (C=O) groups excluding carboxylic acids is 1. The van der Waals surface area contributed by atoms with Gasteiger partial charge in [0.25, 0.3) is 0 Å². The van der Waals surface area contributed by atoms with Crippen LogP contribution in [0.4, 0.5) is 10.5 Å². The number of anilines is 1. The fourth-order valence-electron chi connectivity index (χ4n) is 3.56. The van der Waals surface area contributed by atoms with Gasteiger partial charge in [-0.05, 0) is 69.8 Å². The Bertz CT molecular complexity index is 523. The molecule has 2 saturated heterocycles. The Hall–Kier alpha value is -1.55. The molecule has 22 heavy (non-hydrogen) atoms. The minimum Gasteiger partial charge on any atom is -0.320 e. The molecule has 0 spiro atoms. The molecule has 2 aliphatic heterocycles. The van der Waals surface area contributed by atoms with Crippen LogP contribution in [0.25, 0.3) is 0 Å². The first-order valence-electron chi connectivity index (χ1n) is 8.53. The van der Waals surface area contributed by atoms with Crippen molar-refractivity contribution in [1.82, 2.24) is 10.2 Å². The lowest BCUT2D eigenvalue weighted by atomic mass is 9.92. The third-order valence-electron chi connectivity index (χ3n) is 4.81. The number of nitrogens with one attached hydrogen (secondary N) is 1. The molecule has 2 amide bonds. The molecular weight excluding hydrogens is 274 g/mol. The van der Waals surface area contributed by atoms with Gasteiger partial charge in [-0.2, -0.15) is 0 Å². The topological polar surface area (TPSA) is 35.6 Å². The molecule has 0 aromatic heterocycles. The summed E-state index contributed by atoms with van der Waals surface area (Å²) in [6, 6.07) is 8.96. The van der Waals surface area contributed by atoms with E-state index in [1.165, 1.54) is 18.4 Å². The second-order valence-electron chi connectivity index (χ2n) is 6.81. The molecular formula is C18H27N3O. The number of hydrogen-bond acceptors (Lipinski definition) is 2. The van der Waals surface area contributed by atoms with E-state index in [9.17, 15) is 4.79 Å². The predicted octanol–water partition coefficient (Wildman–Crippen LogP) is 2.88. The molecule has 2 aliphatic rings. The highest BCUT2D eigenvalue weighted by Gasteiger charge is 2.31. The number of amides is 2. The average molecular weight is 301 g/mol. The molecule has 0 aliphatic carbocycles. The van der Waals surface area contributed by atoms with Crippen molar-refractivity contribution in [2.24, 2.45) is 5.92 Å². The van der Waals surface area contributed by atoms with Crippen LogP contribution in [0.1, 0.15) is 32.3 Å². The molecule has 0 saturated carbocycles. The van der Waals surface area contributed by atoms with Crippen LogP contribution in [0.2, 0.25) is 0 Å². The summed E-state index contributed by atoms with van der Waals surface area (Å²) < 4.78 is 0. The van der Waals surface area contributed by atoms with Gasteiger partial charge in [-0.15, -0.1) is 0 Å². The van der Waals surface area contributed by atoms with Gasteiger partial charge in [0, 0.05) is 24.8 Å². The molecule has 1 atom stereocenters. The van der Waals surface area contributed by atoms with Crippen molar-refractivity contribution < 1.29 is 4.79 Å². The Labute approximate surface area is 133 Å². The van der Waals surface area contributed by atoms with Gasteiger partial charge in [0.2, 0.25) is 0 Å². The zero-order valence-electron chi connectivity index (χ0n) is 13.7. The SMILES string of the molecule is CC(C)N1CCN(c2cccc(CC3CCCNC3)c2)C1=O. The largest absolute Gasteiger partial charge is 0.324 e. The highest BCUT2D eigenvalue weighted by atomic mass is 16.2. The Morgan fingerprint density at radius 1 is 1.32 bits per heavy atom. The molecule has 1 aromatic carbocycles. The normalized spacial score (nSPS) is 22.7. The van der Waals surface area contributed by atoms with E-state index in [1.54, 1.807) is 0 Å². The highest BCUT2D eigenvalue weighted by Crippen LogP contribution is 2.24. The lowest BCUT2D eigenvalue weighted by Crippen LogP contribution is -2.36. The number of urea groups is 1. The maximum atomic E-state index is 12.5. The molecule has 3 rings (SSSR count). The van der Waals surface area contributed by atoms with Crippen molar-refractivity contribution in [2.75, 3.05) is 31.1 Å². The summed E-state index contributed by atoms with van der Waals surface area (Å²) in [5.41, 5.74) is 2.40. The van der Waals surface area contributed by atoms with Gasteiger partial charge in [0.05, 0.1) is 0 Å². The van der Waals surface area contributed by atoms with E-state index in [4.69, 9.17) is 0 Å². The summed E-state index contributed by atoms with van der Waals surface area (Å²) in [6.07, 6.45) is 3.69. The van der Waals surface area contributed by atoms with E-state index in [0.29, 0.717) is 0 Å². The number of hydrogen-bond donors (Lipinski definition) is 1. The molecule has 0 radical (unpaired) electrons. The summed E-state index contributed by atoms with van der Waals surface area (Å²) in [7, 11) is 0. The van der Waals surface area contributed by atoms with Crippen molar-refractivity contribution in [3.63, 3.8) is 0 Å². The van der Waals surface area contributed by atoms with Crippen LogP contribution >= 0.6 is 0 Å². The molecule has 2 fully saturated rings. The van der Waals surface area contributed by atoms with Gasteiger partial charge in [-0.3, -0.25) is 4.90 Å². The van der Waals surface area contributed by atoms with Crippen molar-refractivity contribution >= 4 is 11.7 Å². The number of rotatable bonds is 4. The van der Waals surface area contributed by atoms with Crippen molar-refractivity contribution in [3.05, 3.63) is 29.8 Å². The molecule has 0 bridgehead atoms. The number of piperidine rings is 1. The molecule has 1 unspecified atom stereocenters. The minimum atomic E-state index is 0.145. The summed E-state index contributed by atoms with van der Waals surface area (Å²) in [6.45, 7) is 8.05. The first-order valence-corrected chi connectivity index (χ1v) is 8.53. The Morgan fingerprint density at radius 2 is 2.18 bits per heavy atom. The minimum absolute atomic E-state index is 0.145. The first kappa shape index (κ1) is 15.3. The maximum absolute atomic E-state index is 12.5. The van der Waals surface area contributed by atoms with Crippen LogP contribution in [0.15, 0.2) is 24.3 Å². The Kier molecular flexibility index (Phi) is 4.67. The Balaban J connectivity index is 1.70. The zero-order chi connectivity index (χ0) is 15.5. The second-order valence-corrected chi connectivity index (χ2v) is 6.81. The van der Waals surface area contributed by atoms with E-state index < -0.39 is 0 Å². The summed E-state index contributed by atoms with van der Waals surface area (Å²) in [5.74, 6) is 0.727. The number of benzene rings is 1. The van der Waals surface area contributed by atoms with Crippen LogP contribution in [-0.2, 0) is 6.42 Å². The fraction of sp³-hybridized carbons (Fsp3) is 0.611. The standard InChI is InChI=1S/C18H27N3O/c1-14(2)20-9-10-21(18(20)22)17-7-3-5-15(12-17)11-16-6-4-8-19-13-16/h3,5,7,12,14,16,19H,4,6,8-11,13H2,1-2H3. The third kappa shape index (κ3) is 3.27. The molecule has 1 N–H and O–H groups in total. The van der Waals surface area contributed by atoms with Crippen LogP contribution in [0.3, 0.4) is 0 Å². The smallest absolute Gasteiger partial charge is 0.320 e. The zero-order valence-corrected chi connectivity index (χ0v) is 13.7. The number of carbonyl (C=O) groups is 1. The van der Waals surface area contributed by atoms with Gasteiger partial charge < -0.3 is 10.2 Å². The van der Waals surface area contributed by atoms with Crippen LogP contribution in [0, 0.1) is 5.92 Å². The average Bonchev–Trinajstić information content (AvgIpc) is 2.90. The van der Waals surface area contributed by atoms with Crippen LogP contribution in [-0.4, -0.2) is 43.2 Å². The fourth-order valence-corrected chi connectivity index (χ4v) is 3.56. The monoisotopic (exact) mass is 301 g/mol. The lowest BCUT2D eigenvalue weighted by molar-refractivity contribution is 0.209. The molecule has 4 nitrogen and oxygen atoms in total. The van der Waals surface area contributed by atoms with Crippen molar-refractivity contribution in [3.8, 4) is 0 Å².